The summed E-state index contributed by atoms with van der Waals surface area (Å²) in [5.41, 5.74) is 0. The fourth-order valence-corrected chi connectivity index (χ4v) is 1.94. The van der Waals surface area contributed by atoms with Gasteiger partial charge in [-0.15, -0.1) is 0 Å². The fourth-order valence-electron chi connectivity index (χ4n) is 1.94. The first kappa shape index (κ1) is 13.5. The zero-order chi connectivity index (χ0) is 12.0. The predicted molar refractivity (Wildman–Crippen MR) is 55.1 cm³/mol. The van der Waals surface area contributed by atoms with Gasteiger partial charge in [-0.3, -0.25) is 4.79 Å². The van der Waals surface area contributed by atoms with Crippen LogP contribution in [-0.2, 0) is 4.79 Å². The molecule has 0 bridgehead atoms. The summed E-state index contributed by atoms with van der Waals surface area (Å²) in [6.45, 7) is 1.91. The Bertz CT molecular complexity index is 222. The van der Waals surface area contributed by atoms with Crippen molar-refractivity contribution in [1.29, 1.82) is 0 Å². The third-order valence-corrected chi connectivity index (χ3v) is 2.92. The van der Waals surface area contributed by atoms with E-state index in [-0.39, 0.29) is 12.2 Å². The van der Waals surface area contributed by atoms with Crippen molar-refractivity contribution in [2.24, 2.45) is 5.92 Å². The first-order chi connectivity index (χ1) is 7.47. The lowest BCUT2D eigenvalue weighted by molar-refractivity contribution is -0.143. The molecule has 0 aliphatic carbocycles. The normalized spacial score (nSPS) is 22.1. The van der Waals surface area contributed by atoms with Gasteiger partial charge in [0, 0.05) is 12.8 Å². The van der Waals surface area contributed by atoms with E-state index in [4.69, 9.17) is 0 Å². The van der Waals surface area contributed by atoms with Crippen LogP contribution in [0.3, 0.4) is 0 Å². The van der Waals surface area contributed by atoms with Crippen molar-refractivity contribution in [1.82, 2.24) is 5.32 Å². The molecule has 0 amide bonds. The molecule has 16 heavy (non-hydrogen) atoms. The minimum atomic E-state index is -4.21. The monoisotopic (exact) mass is 237 g/mol. The second-order valence-corrected chi connectivity index (χ2v) is 4.40. The molecule has 1 fully saturated rings. The van der Waals surface area contributed by atoms with Crippen molar-refractivity contribution >= 4 is 5.78 Å². The van der Waals surface area contributed by atoms with E-state index in [1.54, 1.807) is 0 Å². The quantitative estimate of drug-likeness (QED) is 0.796. The van der Waals surface area contributed by atoms with E-state index in [9.17, 15) is 18.0 Å². The number of rotatable bonds is 5. The number of carbonyl (C=O) groups is 1. The molecule has 0 radical (unpaired) electrons. The zero-order valence-electron chi connectivity index (χ0n) is 9.28. The number of nitrogens with one attached hydrogen (secondary N) is 1. The first-order valence-corrected chi connectivity index (χ1v) is 5.76. The van der Waals surface area contributed by atoms with E-state index in [1.165, 1.54) is 0 Å². The maximum atomic E-state index is 11.8. The number of hydrogen-bond acceptors (Lipinski definition) is 2. The molecule has 1 atom stereocenters. The van der Waals surface area contributed by atoms with E-state index in [2.05, 4.69) is 5.32 Å². The Morgan fingerprint density at radius 3 is 2.62 bits per heavy atom. The summed E-state index contributed by atoms with van der Waals surface area (Å²) in [4.78, 5) is 11.2. The van der Waals surface area contributed by atoms with Crippen LogP contribution in [0.1, 0.15) is 38.5 Å². The van der Waals surface area contributed by atoms with Gasteiger partial charge in [0.1, 0.15) is 5.78 Å². The van der Waals surface area contributed by atoms with Crippen molar-refractivity contribution < 1.29 is 18.0 Å². The van der Waals surface area contributed by atoms with Crippen LogP contribution in [0.2, 0.25) is 0 Å². The molecule has 1 aliphatic rings. The molecule has 1 N–H and O–H groups in total. The molecule has 5 heteroatoms. The summed E-state index contributed by atoms with van der Waals surface area (Å²) in [6.07, 6.45) is -2.34. The van der Waals surface area contributed by atoms with Crippen LogP contribution < -0.4 is 5.32 Å². The molecule has 0 saturated carbocycles. The smallest absolute Gasteiger partial charge is 0.316 e. The predicted octanol–water partition coefficient (Wildman–Crippen LogP) is 2.68. The van der Waals surface area contributed by atoms with Crippen LogP contribution in [0.5, 0.6) is 0 Å². The third kappa shape index (κ3) is 6.10. The van der Waals surface area contributed by atoms with Crippen LogP contribution in [-0.4, -0.2) is 25.0 Å². The summed E-state index contributed by atoms with van der Waals surface area (Å²) in [6, 6.07) is 0. The molecule has 0 spiro atoms. The molecule has 94 valence electrons. The Hall–Kier alpha value is -0.580. The van der Waals surface area contributed by atoms with Crippen molar-refractivity contribution in [3.8, 4) is 0 Å². The highest BCUT2D eigenvalue weighted by Crippen LogP contribution is 2.23. The molecule has 0 aromatic rings. The van der Waals surface area contributed by atoms with E-state index in [0.717, 1.165) is 32.4 Å². The van der Waals surface area contributed by atoms with E-state index < -0.39 is 12.6 Å². The Kier molecular flexibility index (Phi) is 5.25. The second-order valence-electron chi connectivity index (χ2n) is 4.40. The first-order valence-electron chi connectivity index (χ1n) is 5.76. The van der Waals surface area contributed by atoms with Gasteiger partial charge in [0.05, 0.1) is 6.42 Å². The van der Waals surface area contributed by atoms with E-state index in [1.807, 2.05) is 0 Å². The fraction of sp³-hybridized carbons (Fsp3) is 0.909. The average molecular weight is 237 g/mol. The van der Waals surface area contributed by atoms with Crippen LogP contribution in [0.4, 0.5) is 13.2 Å². The van der Waals surface area contributed by atoms with Gasteiger partial charge in [0.25, 0.3) is 0 Å². The molecule has 1 rings (SSSR count). The minimum Gasteiger partial charge on any atom is -0.316 e. The molecule has 0 aromatic heterocycles. The number of halogens is 3. The highest BCUT2D eigenvalue weighted by molar-refractivity contribution is 5.78. The molecular formula is C11H18F3NO. The van der Waals surface area contributed by atoms with Gasteiger partial charge in [0.15, 0.2) is 0 Å². The van der Waals surface area contributed by atoms with Gasteiger partial charge in [-0.25, -0.2) is 0 Å². The molecule has 1 saturated heterocycles. The van der Waals surface area contributed by atoms with Gasteiger partial charge < -0.3 is 5.32 Å². The van der Waals surface area contributed by atoms with Gasteiger partial charge in [-0.2, -0.15) is 13.2 Å². The van der Waals surface area contributed by atoms with Gasteiger partial charge in [0.2, 0.25) is 0 Å². The third-order valence-electron chi connectivity index (χ3n) is 2.92. The molecular weight excluding hydrogens is 219 g/mol. The Morgan fingerprint density at radius 1 is 1.31 bits per heavy atom. The van der Waals surface area contributed by atoms with Crippen LogP contribution >= 0.6 is 0 Å². The maximum absolute atomic E-state index is 11.8. The largest absolute Gasteiger partial charge is 0.389 e. The molecule has 1 aliphatic heterocycles. The topological polar surface area (TPSA) is 29.1 Å². The number of hydrogen-bond donors (Lipinski definition) is 1. The van der Waals surface area contributed by atoms with Crippen molar-refractivity contribution in [3.05, 3.63) is 0 Å². The molecule has 2 nitrogen and oxygen atoms in total. The number of carbonyl (C=O) groups excluding carboxylic acids is 1. The number of Topliss-reactive ketones (excluding diaryl/α,β-unsaturated/α-hetero) is 1. The van der Waals surface area contributed by atoms with Crippen molar-refractivity contribution in [3.63, 3.8) is 0 Å². The lowest BCUT2D eigenvalue weighted by Crippen LogP contribution is -2.30. The van der Waals surface area contributed by atoms with Crippen LogP contribution in [0.25, 0.3) is 0 Å². The highest BCUT2D eigenvalue weighted by Gasteiger charge is 2.27. The maximum Gasteiger partial charge on any atom is 0.389 e. The molecule has 0 aromatic carbocycles. The standard InChI is InChI=1S/C11H18F3NO/c12-11(13,14)6-5-10(16)4-3-9-2-1-7-15-8-9/h9,15H,1-8H2. The average Bonchev–Trinajstić information content (AvgIpc) is 2.24. The summed E-state index contributed by atoms with van der Waals surface area (Å²) < 4.78 is 35.5. The van der Waals surface area contributed by atoms with Crippen LogP contribution in [0, 0.1) is 5.92 Å². The SMILES string of the molecule is O=C(CCC1CCCNC1)CCC(F)(F)F. The van der Waals surface area contributed by atoms with E-state index in [0.29, 0.717) is 12.3 Å². The molecule has 1 heterocycles. The van der Waals surface area contributed by atoms with Crippen molar-refractivity contribution in [2.45, 2.75) is 44.7 Å². The van der Waals surface area contributed by atoms with Gasteiger partial charge >= 0.3 is 6.18 Å². The lowest BCUT2D eigenvalue weighted by Gasteiger charge is -2.22. The molecule has 1 unspecified atom stereocenters. The Labute approximate surface area is 93.6 Å². The number of alkyl halides is 3. The second kappa shape index (κ2) is 6.23. The number of piperidine rings is 1. The Morgan fingerprint density at radius 2 is 2.06 bits per heavy atom. The Balaban J connectivity index is 2.09. The minimum absolute atomic E-state index is 0.261. The summed E-state index contributed by atoms with van der Waals surface area (Å²) in [7, 11) is 0. The summed E-state index contributed by atoms with van der Waals surface area (Å²) in [5, 5.41) is 3.22. The van der Waals surface area contributed by atoms with Gasteiger partial charge in [-0.1, -0.05) is 0 Å². The van der Waals surface area contributed by atoms with Crippen molar-refractivity contribution in [2.75, 3.05) is 13.1 Å². The number of ketones is 1. The highest BCUT2D eigenvalue weighted by atomic mass is 19.4. The summed E-state index contributed by atoms with van der Waals surface area (Å²) >= 11 is 0. The zero-order valence-corrected chi connectivity index (χ0v) is 9.28. The van der Waals surface area contributed by atoms with E-state index >= 15 is 0 Å². The summed E-state index contributed by atoms with van der Waals surface area (Å²) in [5.74, 6) is 0.200. The lowest BCUT2D eigenvalue weighted by atomic mass is 9.93. The van der Waals surface area contributed by atoms with Crippen LogP contribution in [0.15, 0.2) is 0 Å². The van der Waals surface area contributed by atoms with Gasteiger partial charge in [-0.05, 0) is 38.3 Å².